The number of anilines is 1. The zero-order chi connectivity index (χ0) is 15.4. The number of rotatable bonds is 4. The summed E-state index contributed by atoms with van der Waals surface area (Å²) in [6.07, 6.45) is 2.79. The Morgan fingerprint density at radius 3 is 2.57 bits per heavy atom. The number of ketones is 1. The maximum atomic E-state index is 13.5. The van der Waals surface area contributed by atoms with Crippen LogP contribution in [-0.2, 0) is 0 Å². The van der Waals surface area contributed by atoms with Gasteiger partial charge in [0.25, 0.3) is 0 Å². The van der Waals surface area contributed by atoms with E-state index in [2.05, 4.69) is 5.32 Å². The maximum absolute atomic E-state index is 13.5. The second-order valence-corrected chi connectivity index (χ2v) is 5.20. The van der Waals surface area contributed by atoms with Gasteiger partial charge in [-0.2, -0.15) is 0 Å². The van der Waals surface area contributed by atoms with E-state index in [0.29, 0.717) is 10.6 Å². The molecular weight excluding hydrogens is 289 g/mol. The summed E-state index contributed by atoms with van der Waals surface area (Å²) >= 11 is 5.67. The molecule has 0 amide bonds. The fraction of sp³-hybridized carbons (Fsp3) is 0.118. The van der Waals surface area contributed by atoms with Gasteiger partial charge >= 0.3 is 0 Å². The Hall–Kier alpha value is -2.13. The number of halogens is 2. The third kappa shape index (κ3) is 3.92. The first-order chi connectivity index (χ1) is 9.97. The molecule has 0 radical (unpaired) electrons. The van der Waals surface area contributed by atoms with Crippen molar-refractivity contribution in [2.75, 3.05) is 5.32 Å². The monoisotopic (exact) mass is 303 g/mol. The Labute approximate surface area is 128 Å². The van der Waals surface area contributed by atoms with Crippen molar-refractivity contribution in [2.24, 2.45) is 0 Å². The van der Waals surface area contributed by atoms with Crippen molar-refractivity contribution in [3.8, 4) is 0 Å². The molecule has 2 aromatic rings. The van der Waals surface area contributed by atoms with Gasteiger partial charge in [-0.05, 0) is 49.2 Å². The fourth-order valence-electron chi connectivity index (χ4n) is 1.80. The molecule has 0 heterocycles. The van der Waals surface area contributed by atoms with E-state index in [-0.39, 0.29) is 11.5 Å². The van der Waals surface area contributed by atoms with Crippen molar-refractivity contribution < 1.29 is 9.18 Å². The van der Waals surface area contributed by atoms with Gasteiger partial charge in [0.15, 0.2) is 5.78 Å². The van der Waals surface area contributed by atoms with E-state index in [0.717, 1.165) is 11.1 Å². The molecule has 0 atom stereocenters. The van der Waals surface area contributed by atoms with E-state index in [4.69, 9.17) is 11.6 Å². The van der Waals surface area contributed by atoms with E-state index in [1.807, 2.05) is 26.0 Å². The summed E-state index contributed by atoms with van der Waals surface area (Å²) in [5.41, 5.74) is 3.07. The van der Waals surface area contributed by atoms with Crippen LogP contribution in [0.3, 0.4) is 0 Å². The number of hydrogen-bond donors (Lipinski definition) is 1. The van der Waals surface area contributed by atoms with Gasteiger partial charge in [-0.15, -0.1) is 0 Å². The highest BCUT2D eigenvalue weighted by atomic mass is 35.5. The highest BCUT2D eigenvalue weighted by Gasteiger charge is 2.04. The molecule has 0 spiro atoms. The maximum Gasteiger partial charge on any atom is 0.187 e. The lowest BCUT2D eigenvalue weighted by molar-refractivity contribution is 0.104. The molecule has 2 rings (SSSR count). The average molecular weight is 304 g/mol. The molecule has 2 aromatic carbocycles. The van der Waals surface area contributed by atoms with E-state index in [1.165, 1.54) is 24.4 Å². The van der Waals surface area contributed by atoms with Gasteiger partial charge in [-0.1, -0.05) is 23.7 Å². The largest absolute Gasteiger partial charge is 0.359 e. The predicted octanol–water partition coefficient (Wildman–Crippen LogP) is 4.90. The molecule has 0 saturated carbocycles. The molecule has 2 nitrogen and oxygen atoms in total. The van der Waals surface area contributed by atoms with Crippen LogP contribution < -0.4 is 5.32 Å². The van der Waals surface area contributed by atoms with Crippen molar-refractivity contribution in [2.45, 2.75) is 13.8 Å². The van der Waals surface area contributed by atoms with Crippen LogP contribution in [-0.4, -0.2) is 5.78 Å². The Kier molecular flexibility index (Phi) is 4.76. The van der Waals surface area contributed by atoms with E-state index < -0.39 is 5.82 Å². The Balaban J connectivity index is 2.06. The van der Waals surface area contributed by atoms with Crippen LogP contribution in [0.4, 0.5) is 10.1 Å². The van der Waals surface area contributed by atoms with Crippen LogP contribution in [0.25, 0.3) is 0 Å². The van der Waals surface area contributed by atoms with Crippen molar-refractivity contribution >= 4 is 23.1 Å². The van der Waals surface area contributed by atoms with Gasteiger partial charge in [0, 0.05) is 22.9 Å². The first kappa shape index (κ1) is 15.3. The first-order valence-corrected chi connectivity index (χ1v) is 6.85. The van der Waals surface area contributed by atoms with Gasteiger partial charge in [-0.25, -0.2) is 4.39 Å². The lowest BCUT2D eigenvalue weighted by Crippen LogP contribution is -1.98. The number of hydrogen-bond acceptors (Lipinski definition) is 2. The zero-order valence-electron chi connectivity index (χ0n) is 11.8. The van der Waals surface area contributed by atoms with E-state index >= 15 is 0 Å². The normalized spacial score (nSPS) is 10.9. The molecule has 21 heavy (non-hydrogen) atoms. The van der Waals surface area contributed by atoms with Gasteiger partial charge in [0.05, 0.1) is 5.69 Å². The smallest absolute Gasteiger partial charge is 0.187 e. The minimum absolute atomic E-state index is 0.139. The molecule has 4 heteroatoms. The van der Waals surface area contributed by atoms with Crippen molar-refractivity contribution in [3.05, 3.63) is 76.2 Å². The van der Waals surface area contributed by atoms with Gasteiger partial charge in [0.2, 0.25) is 0 Å². The van der Waals surface area contributed by atoms with Crippen molar-refractivity contribution in [3.63, 3.8) is 0 Å². The summed E-state index contributed by atoms with van der Waals surface area (Å²) in [4.78, 5) is 12.0. The average Bonchev–Trinajstić information content (AvgIpc) is 2.44. The first-order valence-electron chi connectivity index (χ1n) is 6.47. The Morgan fingerprint density at radius 1 is 1.14 bits per heavy atom. The Morgan fingerprint density at radius 2 is 1.90 bits per heavy atom. The molecule has 0 unspecified atom stereocenters. The topological polar surface area (TPSA) is 29.1 Å². The number of nitrogens with one attached hydrogen (secondary N) is 1. The van der Waals surface area contributed by atoms with E-state index in [9.17, 15) is 9.18 Å². The third-order valence-corrected chi connectivity index (χ3v) is 3.43. The number of carbonyl (C=O) groups excluding carboxylic acids is 1. The zero-order valence-corrected chi connectivity index (χ0v) is 12.5. The number of carbonyl (C=O) groups is 1. The summed E-state index contributed by atoms with van der Waals surface area (Å²) in [6, 6.07) is 9.82. The second-order valence-electron chi connectivity index (χ2n) is 4.77. The van der Waals surface area contributed by atoms with Gasteiger partial charge < -0.3 is 5.32 Å². The van der Waals surface area contributed by atoms with Crippen LogP contribution in [0.15, 0.2) is 48.7 Å². The fourth-order valence-corrected chi connectivity index (χ4v) is 1.96. The van der Waals surface area contributed by atoms with Gasteiger partial charge in [0.1, 0.15) is 5.82 Å². The summed E-state index contributed by atoms with van der Waals surface area (Å²) in [7, 11) is 0. The molecule has 0 bridgehead atoms. The summed E-state index contributed by atoms with van der Waals surface area (Å²) < 4.78 is 13.5. The van der Waals surface area contributed by atoms with Crippen molar-refractivity contribution in [1.82, 2.24) is 0 Å². The number of aryl methyl sites for hydroxylation is 2. The van der Waals surface area contributed by atoms with Crippen LogP contribution in [0.2, 0.25) is 5.02 Å². The summed E-state index contributed by atoms with van der Waals surface area (Å²) in [6.45, 7) is 3.95. The minimum atomic E-state index is -0.467. The Bertz CT molecular complexity index is 710. The lowest BCUT2D eigenvalue weighted by atomic mass is 10.0. The van der Waals surface area contributed by atoms with Crippen LogP contribution in [0.5, 0.6) is 0 Å². The molecule has 0 aromatic heterocycles. The summed E-state index contributed by atoms with van der Waals surface area (Å²) in [5, 5.41) is 3.06. The van der Waals surface area contributed by atoms with Crippen molar-refractivity contribution in [1.29, 1.82) is 0 Å². The highest BCUT2D eigenvalue weighted by molar-refractivity contribution is 6.30. The number of allylic oxidation sites excluding steroid dienone is 1. The van der Waals surface area contributed by atoms with Crippen LogP contribution in [0.1, 0.15) is 21.5 Å². The molecule has 0 fully saturated rings. The highest BCUT2D eigenvalue weighted by Crippen LogP contribution is 2.18. The standard InChI is InChI=1S/C17H15ClFNO/c1-11-3-4-13(9-12(11)2)17(21)7-8-20-16-6-5-14(18)10-15(16)19/h3-10,20H,1-2H3/b8-7+. The minimum Gasteiger partial charge on any atom is -0.359 e. The van der Waals surface area contributed by atoms with Crippen LogP contribution in [0, 0.1) is 19.7 Å². The third-order valence-electron chi connectivity index (χ3n) is 3.20. The molecule has 0 aliphatic carbocycles. The lowest BCUT2D eigenvalue weighted by Gasteiger charge is -2.03. The summed E-state index contributed by atoms with van der Waals surface area (Å²) in [5.74, 6) is -0.606. The SMILES string of the molecule is Cc1ccc(C(=O)/C=C/Nc2ccc(Cl)cc2F)cc1C. The molecule has 0 saturated heterocycles. The predicted molar refractivity (Wildman–Crippen MR) is 84.4 cm³/mol. The van der Waals surface area contributed by atoms with E-state index in [1.54, 1.807) is 12.1 Å². The quantitative estimate of drug-likeness (QED) is 0.642. The second kappa shape index (κ2) is 6.55. The number of benzene rings is 2. The molecule has 108 valence electrons. The molecular formula is C17H15ClFNO. The van der Waals surface area contributed by atoms with Gasteiger partial charge in [-0.3, -0.25) is 4.79 Å². The van der Waals surface area contributed by atoms with Crippen LogP contribution >= 0.6 is 11.6 Å². The molecule has 1 N–H and O–H groups in total. The molecule has 0 aliphatic heterocycles. The molecule has 0 aliphatic rings.